The Balaban J connectivity index is 2.46. The SMILES string of the molecule is COc1cccnc1OC1O[C@H](COC(C)=O)[C@@H](OC(C)=O)[C@H](N=[N+]=[N-])[C@H]1OC(C)=O. The minimum absolute atomic E-state index is 0.00371. The first kappa shape index (κ1) is 23.7. The van der Waals surface area contributed by atoms with Crippen LogP contribution in [0.25, 0.3) is 10.4 Å². The first-order chi connectivity index (χ1) is 14.8. The molecule has 1 aliphatic rings. The minimum atomic E-state index is -1.37. The van der Waals surface area contributed by atoms with Gasteiger partial charge < -0.3 is 28.4 Å². The molecule has 0 aliphatic carbocycles. The van der Waals surface area contributed by atoms with Crippen LogP contribution in [0, 0.1) is 0 Å². The lowest BCUT2D eigenvalue weighted by Gasteiger charge is -2.43. The second kappa shape index (κ2) is 11.0. The maximum absolute atomic E-state index is 11.7. The number of azide groups is 1. The number of hydrogen-bond donors (Lipinski definition) is 0. The normalized spacial score (nSPS) is 24.8. The molecule has 13 heteroatoms. The van der Waals surface area contributed by atoms with Gasteiger partial charge in [-0.05, 0) is 17.7 Å². The summed E-state index contributed by atoms with van der Waals surface area (Å²) in [5.74, 6) is -1.80. The summed E-state index contributed by atoms with van der Waals surface area (Å²) >= 11 is 0. The smallest absolute Gasteiger partial charge is 0.303 e. The van der Waals surface area contributed by atoms with Gasteiger partial charge in [0.1, 0.15) is 24.9 Å². The third kappa shape index (κ3) is 6.46. The van der Waals surface area contributed by atoms with Crippen LogP contribution in [-0.4, -0.2) is 67.3 Å². The van der Waals surface area contributed by atoms with Gasteiger partial charge in [0, 0.05) is 31.9 Å². The largest absolute Gasteiger partial charge is 0.491 e. The molecule has 1 saturated heterocycles. The van der Waals surface area contributed by atoms with Crippen molar-refractivity contribution >= 4 is 17.9 Å². The molecule has 1 aliphatic heterocycles. The Kier molecular flexibility index (Phi) is 8.41. The monoisotopic (exact) mass is 438 g/mol. The van der Waals surface area contributed by atoms with Crippen LogP contribution < -0.4 is 9.47 Å². The Hall–Kier alpha value is -3.57. The van der Waals surface area contributed by atoms with Crippen LogP contribution in [0.1, 0.15) is 20.8 Å². The molecule has 0 saturated carbocycles. The lowest BCUT2D eigenvalue weighted by atomic mass is 9.96. The van der Waals surface area contributed by atoms with Gasteiger partial charge in [-0.3, -0.25) is 14.4 Å². The number of methoxy groups -OCH3 is 1. The van der Waals surface area contributed by atoms with Gasteiger partial charge >= 0.3 is 17.9 Å². The second-order valence-corrected chi connectivity index (χ2v) is 6.32. The van der Waals surface area contributed by atoms with E-state index in [9.17, 15) is 14.4 Å². The van der Waals surface area contributed by atoms with Crippen molar-refractivity contribution in [3.63, 3.8) is 0 Å². The highest BCUT2D eigenvalue weighted by atomic mass is 16.7. The fourth-order valence-corrected chi connectivity index (χ4v) is 2.90. The van der Waals surface area contributed by atoms with E-state index < -0.39 is 48.6 Å². The van der Waals surface area contributed by atoms with E-state index in [0.717, 1.165) is 13.8 Å². The van der Waals surface area contributed by atoms with Crippen molar-refractivity contribution < 1.29 is 42.8 Å². The molecule has 1 unspecified atom stereocenters. The van der Waals surface area contributed by atoms with Crippen LogP contribution in [0.3, 0.4) is 0 Å². The summed E-state index contributed by atoms with van der Waals surface area (Å²) in [7, 11) is 1.40. The van der Waals surface area contributed by atoms with Crippen LogP contribution >= 0.6 is 0 Å². The van der Waals surface area contributed by atoms with Crippen LogP contribution in [0.5, 0.6) is 11.6 Å². The number of pyridine rings is 1. The third-order valence-electron chi connectivity index (χ3n) is 4.04. The standard InChI is InChI=1S/C18H22N4O9/c1-9(23)27-8-13-15(28-10(2)24)14(21-22-19)16(29-11(3)25)18(30-13)31-17-12(26-4)6-5-7-20-17/h5-7,13-16,18H,8H2,1-4H3/t13-,14+,15-,16-,18?/m1/s1. The number of carbonyl (C=O) groups excluding carboxylic acids is 3. The van der Waals surface area contributed by atoms with Crippen molar-refractivity contribution in [1.29, 1.82) is 0 Å². The van der Waals surface area contributed by atoms with Gasteiger partial charge in [0.25, 0.3) is 5.88 Å². The minimum Gasteiger partial charge on any atom is -0.491 e. The summed E-state index contributed by atoms with van der Waals surface area (Å²) in [6.45, 7) is 3.11. The molecule has 168 valence electrons. The van der Waals surface area contributed by atoms with Gasteiger partial charge in [-0.2, -0.15) is 0 Å². The van der Waals surface area contributed by atoms with Crippen molar-refractivity contribution in [1.82, 2.24) is 4.98 Å². The molecule has 1 aromatic heterocycles. The highest BCUT2D eigenvalue weighted by molar-refractivity contribution is 5.67. The number of hydrogen-bond acceptors (Lipinski definition) is 11. The van der Waals surface area contributed by atoms with Gasteiger partial charge in [-0.25, -0.2) is 4.98 Å². The Morgan fingerprint density at radius 1 is 1.16 bits per heavy atom. The summed E-state index contributed by atoms with van der Waals surface area (Å²) in [5.41, 5.74) is 9.06. The molecule has 0 radical (unpaired) electrons. The van der Waals surface area contributed by atoms with Gasteiger partial charge in [-0.1, -0.05) is 5.11 Å². The maximum atomic E-state index is 11.7. The number of nitrogens with zero attached hydrogens (tertiary/aromatic N) is 4. The third-order valence-corrected chi connectivity index (χ3v) is 4.04. The zero-order valence-corrected chi connectivity index (χ0v) is 17.3. The predicted molar refractivity (Wildman–Crippen MR) is 101 cm³/mol. The summed E-state index contributed by atoms with van der Waals surface area (Å²) < 4.78 is 32.3. The summed E-state index contributed by atoms with van der Waals surface area (Å²) in [6, 6.07) is 1.93. The molecule has 2 rings (SSSR count). The molecule has 0 bridgehead atoms. The van der Waals surface area contributed by atoms with Crippen LogP contribution in [0.2, 0.25) is 0 Å². The molecular formula is C18H22N4O9. The number of rotatable bonds is 8. The Morgan fingerprint density at radius 3 is 2.42 bits per heavy atom. The molecular weight excluding hydrogens is 416 g/mol. The van der Waals surface area contributed by atoms with Crippen molar-refractivity contribution in [3.05, 3.63) is 28.8 Å². The second-order valence-electron chi connectivity index (χ2n) is 6.32. The van der Waals surface area contributed by atoms with Crippen molar-refractivity contribution in [3.8, 4) is 11.6 Å². The molecule has 1 aromatic rings. The highest BCUT2D eigenvalue weighted by Gasteiger charge is 2.51. The van der Waals surface area contributed by atoms with E-state index in [1.165, 1.54) is 20.2 Å². The van der Waals surface area contributed by atoms with Crippen LogP contribution in [0.15, 0.2) is 23.4 Å². The number of ether oxygens (including phenoxy) is 6. The summed E-state index contributed by atoms with van der Waals surface area (Å²) in [5, 5.41) is 3.64. The number of esters is 3. The fraction of sp³-hybridized carbons (Fsp3) is 0.556. The average Bonchev–Trinajstić information content (AvgIpc) is 2.70. The number of carbonyl (C=O) groups is 3. The summed E-state index contributed by atoms with van der Waals surface area (Å²) in [4.78, 5) is 41.5. The van der Waals surface area contributed by atoms with Gasteiger partial charge in [0.2, 0.25) is 6.29 Å². The molecule has 2 heterocycles. The Labute approximate surface area is 177 Å². The Bertz CT molecular complexity index is 858. The zero-order valence-electron chi connectivity index (χ0n) is 17.3. The maximum Gasteiger partial charge on any atom is 0.303 e. The van der Waals surface area contributed by atoms with Crippen LogP contribution in [0.4, 0.5) is 0 Å². The average molecular weight is 438 g/mol. The zero-order chi connectivity index (χ0) is 23.0. The van der Waals surface area contributed by atoms with Crippen molar-refractivity contribution in [2.75, 3.05) is 13.7 Å². The topological polar surface area (TPSA) is 168 Å². The van der Waals surface area contributed by atoms with E-state index in [-0.39, 0.29) is 18.2 Å². The fourth-order valence-electron chi connectivity index (χ4n) is 2.90. The van der Waals surface area contributed by atoms with Gasteiger partial charge in [0.05, 0.1) is 7.11 Å². The summed E-state index contributed by atoms with van der Waals surface area (Å²) in [6.07, 6.45) is -3.59. The van der Waals surface area contributed by atoms with E-state index >= 15 is 0 Å². The van der Waals surface area contributed by atoms with Gasteiger partial charge in [0.15, 0.2) is 11.9 Å². The molecule has 5 atom stereocenters. The lowest BCUT2D eigenvalue weighted by molar-refractivity contribution is -0.259. The van der Waals surface area contributed by atoms with E-state index in [4.69, 9.17) is 34.0 Å². The first-order valence-electron chi connectivity index (χ1n) is 9.10. The molecule has 0 N–H and O–H groups in total. The molecule has 0 spiro atoms. The van der Waals surface area contributed by atoms with E-state index in [0.29, 0.717) is 0 Å². The highest BCUT2D eigenvalue weighted by Crippen LogP contribution is 2.32. The van der Waals surface area contributed by atoms with E-state index in [2.05, 4.69) is 15.0 Å². The Morgan fingerprint density at radius 2 is 1.84 bits per heavy atom. The van der Waals surface area contributed by atoms with Crippen molar-refractivity contribution in [2.24, 2.45) is 5.11 Å². The molecule has 0 amide bonds. The van der Waals surface area contributed by atoms with E-state index in [1.807, 2.05) is 0 Å². The molecule has 0 aromatic carbocycles. The first-order valence-corrected chi connectivity index (χ1v) is 9.10. The molecule has 31 heavy (non-hydrogen) atoms. The molecule has 13 nitrogen and oxygen atoms in total. The van der Waals surface area contributed by atoms with Crippen LogP contribution in [-0.2, 0) is 33.3 Å². The predicted octanol–water partition coefficient (Wildman–Crippen LogP) is 1.30. The lowest BCUT2D eigenvalue weighted by Crippen LogP contribution is -2.61. The van der Waals surface area contributed by atoms with Crippen molar-refractivity contribution in [2.45, 2.75) is 51.4 Å². The van der Waals surface area contributed by atoms with Gasteiger partial charge in [-0.15, -0.1) is 0 Å². The molecule has 1 fully saturated rings. The number of aromatic nitrogens is 1. The van der Waals surface area contributed by atoms with E-state index in [1.54, 1.807) is 12.1 Å². The quantitative estimate of drug-likeness (QED) is 0.189.